The van der Waals surface area contributed by atoms with Crippen LogP contribution < -0.4 is 10.6 Å². The molecule has 1 atom stereocenters. The van der Waals surface area contributed by atoms with Crippen molar-refractivity contribution in [3.8, 4) is 6.07 Å². The van der Waals surface area contributed by atoms with Crippen LogP contribution in [0.25, 0.3) is 21.9 Å². The lowest BCUT2D eigenvalue weighted by Crippen LogP contribution is -2.32. The molecule has 1 saturated heterocycles. The van der Waals surface area contributed by atoms with Crippen molar-refractivity contribution in [2.75, 3.05) is 17.2 Å². The van der Waals surface area contributed by atoms with Crippen LogP contribution in [0.4, 0.5) is 11.5 Å². The summed E-state index contributed by atoms with van der Waals surface area (Å²) >= 11 is 3.64. The smallest absolute Gasteiger partial charge is 0.204 e. The molecule has 1 aliphatic carbocycles. The van der Waals surface area contributed by atoms with Gasteiger partial charge in [-0.05, 0) is 79.1 Å². The zero-order valence-electron chi connectivity index (χ0n) is 19.3. The Bertz CT molecular complexity index is 1390. The van der Waals surface area contributed by atoms with Crippen LogP contribution in [0.3, 0.4) is 0 Å². The van der Waals surface area contributed by atoms with Crippen molar-refractivity contribution in [3.05, 3.63) is 46.9 Å². The Balaban J connectivity index is 1.09. The number of fused-ring (bicyclic) bond motifs is 2. The minimum Gasteiger partial charge on any atom is -0.444 e. The number of hydrogen-bond acceptors (Lipinski definition) is 7. The maximum atomic E-state index is 9.09. The van der Waals surface area contributed by atoms with E-state index in [1.807, 2.05) is 16.9 Å². The van der Waals surface area contributed by atoms with Crippen molar-refractivity contribution < 1.29 is 9.15 Å². The molecule has 35 heavy (non-hydrogen) atoms. The van der Waals surface area contributed by atoms with E-state index in [1.165, 1.54) is 6.42 Å². The largest absolute Gasteiger partial charge is 0.444 e. The molecule has 9 heteroatoms. The SMILES string of the molecule is N#Cc1cc2c(Br)c(NC3CCC(Nc4ccc5cnn(C6CCCCO6)c5c4)CC3)ncc2o1. The normalized spacial score (nSPS) is 22.8. The number of aromatic nitrogens is 3. The van der Waals surface area contributed by atoms with Gasteiger partial charge in [0, 0.05) is 41.2 Å². The van der Waals surface area contributed by atoms with Crippen LogP contribution in [0.2, 0.25) is 0 Å². The number of furan rings is 1. The summed E-state index contributed by atoms with van der Waals surface area (Å²) in [6.07, 6.45) is 11.2. The Morgan fingerprint density at radius 1 is 1.03 bits per heavy atom. The molecule has 3 aromatic heterocycles. The van der Waals surface area contributed by atoms with E-state index in [9.17, 15) is 0 Å². The highest BCUT2D eigenvalue weighted by atomic mass is 79.9. The van der Waals surface area contributed by atoms with Gasteiger partial charge in [0.25, 0.3) is 0 Å². The average Bonchev–Trinajstić information content (AvgIpc) is 3.52. The van der Waals surface area contributed by atoms with Crippen LogP contribution in [0.1, 0.15) is 56.9 Å². The summed E-state index contributed by atoms with van der Waals surface area (Å²) in [4.78, 5) is 4.51. The van der Waals surface area contributed by atoms with E-state index in [0.29, 0.717) is 23.4 Å². The van der Waals surface area contributed by atoms with Gasteiger partial charge < -0.3 is 19.8 Å². The van der Waals surface area contributed by atoms with Crippen LogP contribution in [-0.2, 0) is 4.74 Å². The zero-order chi connectivity index (χ0) is 23.8. The predicted molar refractivity (Wildman–Crippen MR) is 138 cm³/mol. The summed E-state index contributed by atoms with van der Waals surface area (Å²) in [5.41, 5.74) is 2.87. The second kappa shape index (κ2) is 9.51. The molecule has 1 aromatic carbocycles. The van der Waals surface area contributed by atoms with E-state index in [0.717, 1.165) is 77.4 Å². The number of anilines is 2. The molecule has 0 amide bonds. The van der Waals surface area contributed by atoms with Crippen LogP contribution in [0.15, 0.2) is 45.5 Å². The van der Waals surface area contributed by atoms with E-state index >= 15 is 0 Å². The molecular weight excluding hydrogens is 508 g/mol. The molecule has 2 fully saturated rings. The highest BCUT2D eigenvalue weighted by Gasteiger charge is 2.23. The maximum Gasteiger partial charge on any atom is 0.204 e. The third-order valence-corrected chi connectivity index (χ3v) is 7.89. The van der Waals surface area contributed by atoms with Crippen molar-refractivity contribution in [2.24, 2.45) is 0 Å². The Morgan fingerprint density at radius 2 is 1.86 bits per heavy atom. The second-order valence-corrected chi connectivity index (χ2v) is 10.2. The van der Waals surface area contributed by atoms with Crippen LogP contribution >= 0.6 is 15.9 Å². The Labute approximate surface area is 211 Å². The molecule has 1 saturated carbocycles. The molecule has 2 aliphatic rings. The Morgan fingerprint density at radius 3 is 2.63 bits per heavy atom. The quantitative estimate of drug-likeness (QED) is 0.307. The van der Waals surface area contributed by atoms with Gasteiger partial charge in [-0.1, -0.05) is 0 Å². The van der Waals surface area contributed by atoms with Crippen molar-refractivity contribution in [2.45, 2.75) is 63.3 Å². The molecule has 8 nitrogen and oxygen atoms in total. The Kier molecular flexibility index (Phi) is 6.08. The fourth-order valence-corrected chi connectivity index (χ4v) is 5.75. The standard InChI is InChI=1S/C26H27BrN6O2/c27-25-21-12-20(13-28)35-23(21)15-29-26(25)32-18-8-6-17(7-9-18)31-19-5-4-16-14-30-33(22(16)11-19)24-3-1-2-10-34-24/h4-5,11-12,14-15,17-18,24,31H,1-3,6-10H2,(H,29,32). The summed E-state index contributed by atoms with van der Waals surface area (Å²) in [5, 5.41) is 23.0. The number of hydrogen-bond donors (Lipinski definition) is 2. The number of nitrogens with one attached hydrogen (secondary N) is 2. The number of benzene rings is 1. The third kappa shape index (κ3) is 4.48. The average molecular weight is 535 g/mol. The Hall–Kier alpha value is -3.09. The number of rotatable bonds is 5. The van der Waals surface area contributed by atoms with Crippen molar-refractivity contribution in [1.29, 1.82) is 5.26 Å². The van der Waals surface area contributed by atoms with Gasteiger partial charge in [0.1, 0.15) is 11.9 Å². The fraction of sp³-hybridized carbons (Fsp3) is 0.423. The lowest BCUT2D eigenvalue weighted by atomic mass is 9.91. The highest BCUT2D eigenvalue weighted by Crippen LogP contribution is 2.34. The molecule has 2 N–H and O–H groups in total. The summed E-state index contributed by atoms with van der Waals surface area (Å²) < 4.78 is 14.3. The van der Waals surface area contributed by atoms with E-state index in [2.05, 4.69) is 54.8 Å². The van der Waals surface area contributed by atoms with Gasteiger partial charge in [-0.2, -0.15) is 10.4 Å². The first kappa shape index (κ1) is 22.4. The first-order valence-corrected chi connectivity index (χ1v) is 13.1. The highest BCUT2D eigenvalue weighted by molar-refractivity contribution is 9.10. The van der Waals surface area contributed by atoms with Gasteiger partial charge in [-0.15, -0.1) is 0 Å². The van der Waals surface area contributed by atoms with Gasteiger partial charge in [0.05, 0.1) is 22.4 Å². The minimum atomic E-state index is 0.0405. The fourth-order valence-electron chi connectivity index (χ4n) is 5.22. The predicted octanol–water partition coefficient (Wildman–Crippen LogP) is 6.35. The van der Waals surface area contributed by atoms with Gasteiger partial charge >= 0.3 is 0 Å². The van der Waals surface area contributed by atoms with Gasteiger partial charge in [-0.3, -0.25) is 0 Å². The van der Waals surface area contributed by atoms with E-state index in [-0.39, 0.29) is 6.23 Å². The van der Waals surface area contributed by atoms with Gasteiger partial charge in [0.2, 0.25) is 5.76 Å². The number of nitrogens with zero attached hydrogens (tertiary/aromatic N) is 4. The molecular formula is C26H27BrN6O2. The summed E-state index contributed by atoms with van der Waals surface area (Å²) in [6.45, 7) is 0.810. The first-order chi connectivity index (χ1) is 17.2. The molecule has 180 valence electrons. The molecule has 1 aliphatic heterocycles. The van der Waals surface area contributed by atoms with E-state index in [4.69, 9.17) is 14.4 Å². The van der Waals surface area contributed by atoms with Crippen LogP contribution in [0, 0.1) is 11.3 Å². The number of ether oxygens (including phenoxy) is 1. The lowest BCUT2D eigenvalue weighted by Gasteiger charge is -2.31. The minimum absolute atomic E-state index is 0.0405. The summed E-state index contributed by atoms with van der Waals surface area (Å²) in [5.74, 6) is 1.08. The van der Waals surface area contributed by atoms with Gasteiger partial charge in [0.15, 0.2) is 11.8 Å². The molecule has 0 radical (unpaired) electrons. The van der Waals surface area contributed by atoms with Crippen molar-refractivity contribution in [3.63, 3.8) is 0 Å². The maximum absolute atomic E-state index is 9.09. The molecule has 0 bridgehead atoms. The van der Waals surface area contributed by atoms with Crippen LogP contribution in [-0.4, -0.2) is 33.5 Å². The molecule has 6 rings (SSSR count). The lowest BCUT2D eigenvalue weighted by molar-refractivity contribution is -0.0366. The molecule has 0 spiro atoms. The van der Waals surface area contributed by atoms with E-state index in [1.54, 1.807) is 12.3 Å². The molecule has 1 unspecified atom stereocenters. The summed E-state index contributed by atoms with van der Waals surface area (Å²) in [6, 6.07) is 11.1. The monoisotopic (exact) mass is 534 g/mol. The zero-order valence-corrected chi connectivity index (χ0v) is 20.9. The van der Waals surface area contributed by atoms with Crippen molar-refractivity contribution >= 4 is 49.3 Å². The second-order valence-electron chi connectivity index (χ2n) is 9.44. The van der Waals surface area contributed by atoms with E-state index < -0.39 is 0 Å². The van der Waals surface area contributed by atoms with Gasteiger partial charge in [-0.25, -0.2) is 9.67 Å². The molecule has 4 heterocycles. The summed E-state index contributed by atoms with van der Waals surface area (Å²) in [7, 11) is 0. The molecule has 4 aromatic rings. The first-order valence-electron chi connectivity index (χ1n) is 12.3. The number of pyridine rings is 1. The third-order valence-electron chi connectivity index (χ3n) is 7.09. The number of nitriles is 1. The number of halogens is 1. The van der Waals surface area contributed by atoms with Crippen molar-refractivity contribution in [1.82, 2.24) is 14.8 Å². The van der Waals surface area contributed by atoms with Crippen LogP contribution in [0.5, 0.6) is 0 Å². The topological polar surface area (TPSA) is 101 Å².